The quantitative estimate of drug-likeness (QED) is 0.813. The first kappa shape index (κ1) is 17.0. The van der Waals surface area contributed by atoms with Gasteiger partial charge in [0.1, 0.15) is 0 Å². The number of hydrogen-bond acceptors (Lipinski definition) is 2. The van der Waals surface area contributed by atoms with Crippen LogP contribution in [0.3, 0.4) is 0 Å². The lowest BCUT2D eigenvalue weighted by atomic mass is 9.71. The molecule has 1 amide bonds. The number of benzene rings is 1. The smallest absolute Gasteiger partial charge is 0.220 e. The summed E-state index contributed by atoms with van der Waals surface area (Å²) in [6.07, 6.45) is 6.37. The molecule has 0 radical (unpaired) electrons. The Balaban J connectivity index is 1.60. The van der Waals surface area contributed by atoms with Crippen molar-refractivity contribution in [1.29, 1.82) is 0 Å². The van der Waals surface area contributed by atoms with E-state index >= 15 is 0 Å². The van der Waals surface area contributed by atoms with Gasteiger partial charge in [-0.1, -0.05) is 35.0 Å². The highest BCUT2D eigenvalue weighted by molar-refractivity contribution is 9.10. The highest BCUT2D eigenvalue weighted by Crippen LogP contribution is 2.41. The summed E-state index contributed by atoms with van der Waals surface area (Å²) in [6.45, 7) is 4.43. The number of nitrogens with one attached hydrogen (secondary N) is 2. The summed E-state index contributed by atoms with van der Waals surface area (Å²) >= 11 is 3.49. The van der Waals surface area contributed by atoms with Crippen LogP contribution < -0.4 is 10.6 Å². The number of halogens is 1. The lowest BCUT2D eigenvalue weighted by molar-refractivity contribution is -0.125. The average molecular weight is 379 g/mol. The summed E-state index contributed by atoms with van der Waals surface area (Å²) in [6, 6.07) is 8.41. The molecule has 1 atom stereocenters. The molecule has 2 aliphatic rings. The van der Waals surface area contributed by atoms with Gasteiger partial charge in [-0.25, -0.2) is 0 Å². The van der Waals surface area contributed by atoms with Crippen molar-refractivity contribution >= 4 is 21.8 Å². The third kappa shape index (κ3) is 3.97. The molecular formula is C19H27BrN2O. The van der Waals surface area contributed by atoms with Crippen LogP contribution in [0.2, 0.25) is 0 Å². The maximum absolute atomic E-state index is 12.6. The molecule has 1 saturated heterocycles. The molecule has 1 unspecified atom stereocenters. The minimum atomic E-state index is -0.119. The molecule has 1 aromatic carbocycles. The van der Waals surface area contributed by atoms with Gasteiger partial charge in [-0.05, 0) is 74.7 Å². The maximum Gasteiger partial charge on any atom is 0.220 e. The first-order chi connectivity index (χ1) is 11.1. The predicted molar refractivity (Wildman–Crippen MR) is 97.2 cm³/mol. The Morgan fingerprint density at radius 1 is 1.30 bits per heavy atom. The topological polar surface area (TPSA) is 41.1 Å². The fraction of sp³-hybridized carbons (Fsp3) is 0.632. The molecule has 2 fully saturated rings. The normalized spacial score (nSPS) is 22.2. The van der Waals surface area contributed by atoms with Crippen molar-refractivity contribution in [2.24, 2.45) is 11.8 Å². The van der Waals surface area contributed by atoms with E-state index in [2.05, 4.69) is 57.8 Å². The van der Waals surface area contributed by atoms with Crippen LogP contribution in [-0.2, 0) is 10.3 Å². The minimum absolute atomic E-state index is 0.119. The maximum atomic E-state index is 12.6. The van der Waals surface area contributed by atoms with Crippen molar-refractivity contribution in [3.63, 3.8) is 0 Å². The Labute approximate surface area is 147 Å². The van der Waals surface area contributed by atoms with Gasteiger partial charge in [0.2, 0.25) is 5.91 Å². The molecule has 4 heteroatoms. The van der Waals surface area contributed by atoms with Crippen LogP contribution in [0.15, 0.2) is 28.7 Å². The largest absolute Gasteiger partial charge is 0.347 e. The molecule has 23 heavy (non-hydrogen) atoms. The molecule has 3 rings (SSSR count). The minimum Gasteiger partial charge on any atom is -0.347 e. The monoisotopic (exact) mass is 378 g/mol. The molecule has 1 aromatic rings. The summed E-state index contributed by atoms with van der Waals surface area (Å²) in [7, 11) is 0. The Morgan fingerprint density at radius 3 is 2.52 bits per heavy atom. The first-order valence-electron chi connectivity index (χ1n) is 8.87. The third-order valence-electron chi connectivity index (χ3n) is 5.68. The van der Waals surface area contributed by atoms with E-state index in [0.717, 1.165) is 30.4 Å². The van der Waals surface area contributed by atoms with Crippen molar-refractivity contribution in [3.8, 4) is 0 Å². The second-order valence-electron chi connectivity index (χ2n) is 7.26. The Morgan fingerprint density at radius 2 is 1.96 bits per heavy atom. The van der Waals surface area contributed by atoms with Crippen LogP contribution in [0.5, 0.6) is 0 Å². The van der Waals surface area contributed by atoms with Crippen molar-refractivity contribution in [2.75, 3.05) is 13.1 Å². The first-order valence-corrected chi connectivity index (χ1v) is 9.66. The fourth-order valence-electron chi connectivity index (χ4n) is 3.98. The zero-order valence-corrected chi connectivity index (χ0v) is 15.5. The van der Waals surface area contributed by atoms with Crippen LogP contribution in [0.4, 0.5) is 0 Å². The molecule has 0 aromatic heterocycles. The summed E-state index contributed by atoms with van der Waals surface area (Å²) < 4.78 is 1.08. The van der Waals surface area contributed by atoms with Crippen LogP contribution in [0.1, 0.15) is 51.0 Å². The lowest BCUT2D eigenvalue weighted by Crippen LogP contribution is -2.51. The van der Waals surface area contributed by atoms with E-state index in [4.69, 9.17) is 0 Å². The zero-order valence-electron chi connectivity index (χ0n) is 13.9. The molecule has 126 valence electrons. The molecule has 1 saturated carbocycles. The third-order valence-corrected chi connectivity index (χ3v) is 6.21. The second kappa shape index (κ2) is 7.35. The van der Waals surface area contributed by atoms with Gasteiger partial charge in [0.05, 0.1) is 5.54 Å². The van der Waals surface area contributed by atoms with Gasteiger partial charge in [-0.3, -0.25) is 4.79 Å². The predicted octanol–water partition coefficient (Wildman–Crippen LogP) is 3.97. The fourth-order valence-corrected chi connectivity index (χ4v) is 4.24. The van der Waals surface area contributed by atoms with E-state index in [1.165, 1.54) is 24.8 Å². The standard InChI is InChI=1S/C19H27BrN2O/c1-14(15-7-11-21-12-8-15)13-18(23)22-19(9-2-10-19)16-3-5-17(20)6-4-16/h3-6,14-15,21H,2,7-13H2,1H3,(H,22,23). The van der Waals surface area contributed by atoms with E-state index in [1.807, 2.05) is 0 Å². The number of rotatable bonds is 5. The summed E-state index contributed by atoms with van der Waals surface area (Å²) in [4.78, 5) is 12.6. The highest BCUT2D eigenvalue weighted by Gasteiger charge is 2.40. The van der Waals surface area contributed by atoms with E-state index in [9.17, 15) is 4.79 Å². The van der Waals surface area contributed by atoms with Crippen molar-refractivity contribution in [3.05, 3.63) is 34.3 Å². The van der Waals surface area contributed by atoms with Crippen LogP contribution in [0.25, 0.3) is 0 Å². The molecule has 3 nitrogen and oxygen atoms in total. The van der Waals surface area contributed by atoms with Gasteiger partial charge < -0.3 is 10.6 Å². The Kier molecular flexibility index (Phi) is 5.42. The Hall–Kier alpha value is -0.870. The zero-order chi connectivity index (χ0) is 16.3. The van der Waals surface area contributed by atoms with Gasteiger partial charge in [0.15, 0.2) is 0 Å². The van der Waals surface area contributed by atoms with E-state index < -0.39 is 0 Å². The Bertz CT molecular complexity index is 533. The molecular weight excluding hydrogens is 352 g/mol. The molecule has 1 heterocycles. The van der Waals surface area contributed by atoms with E-state index in [0.29, 0.717) is 18.3 Å². The summed E-state index contributed by atoms with van der Waals surface area (Å²) in [5.41, 5.74) is 1.13. The average Bonchev–Trinajstić information content (AvgIpc) is 2.53. The summed E-state index contributed by atoms with van der Waals surface area (Å²) in [5.74, 6) is 1.38. The van der Waals surface area contributed by atoms with Gasteiger partial charge in [-0.2, -0.15) is 0 Å². The van der Waals surface area contributed by atoms with Gasteiger partial charge in [0, 0.05) is 10.9 Å². The van der Waals surface area contributed by atoms with Gasteiger partial charge in [0.25, 0.3) is 0 Å². The van der Waals surface area contributed by atoms with Crippen LogP contribution in [-0.4, -0.2) is 19.0 Å². The number of hydrogen-bond donors (Lipinski definition) is 2. The molecule has 2 N–H and O–H groups in total. The lowest BCUT2D eigenvalue weighted by Gasteiger charge is -2.43. The van der Waals surface area contributed by atoms with Crippen LogP contribution in [0, 0.1) is 11.8 Å². The van der Waals surface area contributed by atoms with Crippen LogP contribution >= 0.6 is 15.9 Å². The molecule has 0 bridgehead atoms. The SMILES string of the molecule is CC(CC(=O)NC1(c2ccc(Br)cc2)CCC1)C1CCNCC1. The molecule has 1 aliphatic carbocycles. The van der Waals surface area contributed by atoms with Crippen molar-refractivity contribution in [1.82, 2.24) is 10.6 Å². The van der Waals surface area contributed by atoms with Gasteiger partial charge >= 0.3 is 0 Å². The van der Waals surface area contributed by atoms with E-state index in [-0.39, 0.29) is 11.4 Å². The summed E-state index contributed by atoms with van der Waals surface area (Å²) in [5, 5.41) is 6.77. The molecule has 0 spiro atoms. The van der Waals surface area contributed by atoms with Crippen molar-refractivity contribution in [2.45, 2.75) is 51.0 Å². The number of amides is 1. The number of carbonyl (C=O) groups is 1. The second-order valence-corrected chi connectivity index (χ2v) is 8.18. The molecule has 1 aliphatic heterocycles. The van der Waals surface area contributed by atoms with Crippen molar-refractivity contribution < 1.29 is 4.79 Å². The highest BCUT2D eigenvalue weighted by atomic mass is 79.9. The number of carbonyl (C=O) groups excluding carboxylic acids is 1. The van der Waals surface area contributed by atoms with Gasteiger partial charge in [-0.15, -0.1) is 0 Å². The number of piperidine rings is 1. The van der Waals surface area contributed by atoms with E-state index in [1.54, 1.807) is 0 Å².